The Morgan fingerprint density at radius 2 is 1.67 bits per heavy atom. The average Bonchev–Trinajstić information content (AvgIpc) is 3.15. The van der Waals surface area contributed by atoms with Crippen LogP contribution in [-0.4, -0.2) is 55.3 Å². The van der Waals surface area contributed by atoms with Crippen LogP contribution in [0.4, 0.5) is 0 Å². The van der Waals surface area contributed by atoms with Crippen molar-refractivity contribution in [1.82, 2.24) is 0 Å². The maximum Gasteiger partial charge on any atom is 0.484 e. The summed E-state index contributed by atoms with van der Waals surface area (Å²) in [5.41, 5.74) is 0. The molecule has 0 aromatic carbocycles. The molecule has 1 fully saturated rings. The Balaban J connectivity index is 0.000000327. The van der Waals surface area contributed by atoms with Crippen LogP contribution >= 0.6 is 0 Å². The van der Waals surface area contributed by atoms with Gasteiger partial charge in [-0.2, -0.15) is 0 Å². The van der Waals surface area contributed by atoms with E-state index in [0.29, 0.717) is 32.5 Å². The topological polar surface area (TPSA) is 49.5 Å². The molecule has 0 bridgehead atoms. The summed E-state index contributed by atoms with van der Waals surface area (Å²) in [5, 5.41) is 0. The van der Waals surface area contributed by atoms with Gasteiger partial charge in [-0.05, 0) is 20.8 Å². The molecule has 0 N–H and O–H groups in total. The van der Waals surface area contributed by atoms with Crippen molar-refractivity contribution in [3.05, 3.63) is 12.7 Å². The molecule has 0 aromatic heterocycles. The van der Waals surface area contributed by atoms with E-state index in [-0.39, 0.29) is 0 Å². The zero-order chi connectivity index (χ0) is 13.6. The van der Waals surface area contributed by atoms with Crippen molar-refractivity contribution in [1.29, 1.82) is 0 Å². The minimum absolute atomic E-state index is 0.384. The summed E-state index contributed by atoms with van der Waals surface area (Å²) in [4.78, 5) is 0. The standard InChI is InChI=1S/C6H16O3Si.C6H10O2/c1-4-7-10(8-5-2)9-6-3;1-2-3-7-4-6-5-8-6/h10H,4-6H2,1-3H3;2,6H,1,3-5H2. The minimum Gasteiger partial charge on any atom is -0.376 e. The molecule has 18 heavy (non-hydrogen) atoms. The van der Waals surface area contributed by atoms with Gasteiger partial charge in [-0.1, -0.05) is 6.08 Å². The molecule has 1 rings (SSSR count). The Bertz CT molecular complexity index is 173. The van der Waals surface area contributed by atoms with Crippen molar-refractivity contribution in [2.24, 2.45) is 0 Å². The summed E-state index contributed by atoms with van der Waals surface area (Å²) in [6, 6.07) is 0. The molecule has 1 saturated heterocycles. The zero-order valence-electron chi connectivity index (χ0n) is 11.7. The third kappa shape index (κ3) is 12.2. The van der Waals surface area contributed by atoms with Crippen LogP contribution in [0.15, 0.2) is 12.7 Å². The number of rotatable bonds is 10. The van der Waals surface area contributed by atoms with Gasteiger partial charge in [-0.3, -0.25) is 0 Å². The van der Waals surface area contributed by atoms with Crippen LogP contribution in [0, 0.1) is 0 Å². The molecule has 0 aliphatic carbocycles. The van der Waals surface area contributed by atoms with Crippen molar-refractivity contribution in [3.8, 4) is 0 Å². The highest BCUT2D eigenvalue weighted by Crippen LogP contribution is 2.07. The lowest BCUT2D eigenvalue weighted by Gasteiger charge is -2.12. The van der Waals surface area contributed by atoms with E-state index >= 15 is 0 Å². The van der Waals surface area contributed by atoms with Crippen molar-refractivity contribution in [2.45, 2.75) is 26.9 Å². The van der Waals surface area contributed by atoms with E-state index in [4.69, 9.17) is 22.8 Å². The van der Waals surface area contributed by atoms with E-state index in [0.717, 1.165) is 13.2 Å². The van der Waals surface area contributed by atoms with E-state index in [9.17, 15) is 0 Å². The predicted molar refractivity (Wildman–Crippen MR) is 72.8 cm³/mol. The predicted octanol–water partition coefficient (Wildman–Crippen LogP) is 1.40. The number of hydrogen-bond acceptors (Lipinski definition) is 5. The van der Waals surface area contributed by atoms with Crippen molar-refractivity contribution < 1.29 is 22.8 Å². The summed E-state index contributed by atoms with van der Waals surface area (Å²) in [7, 11) is -1.73. The molecular weight excluding hydrogens is 252 g/mol. The normalized spacial score (nSPS) is 17.2. The summed E-state index contributed by atoms with van der Waals surface area (Å²) in [5.74, 6) is 0. The monoisotopic (exact) mass is 278 g/mol. The highest BCUT2D eigenvalue weighted by atomic mass is 28.3. The number of epoxide rings is 1. The highest BCUT2D eigenvalue weighted by Gasteiger charge is 2.21. The average molecular weight is 278 g/mol. The molecule has 1 aliphatic heterocycles. The highest BCUT2D eigenvalue weighted by molar-refractivity contribution is 6.36. The number of hydrogen-bond donors (Lipinski definition) is 0. The van der Waals surface area contributed by atoms with Gasteiger partial charge in [0.25, 0.3) is 0 Å². The molecule has 1 heterocycles. The van der Waals surface area contributed by atoms with Crippen molar-refractivity contribution >= 4 is 9.53 Å². The smallest absolute Gasteiger partial charge is 0.376 e. The molecule has 5 nitrogen and oxygen atoms in total. The Hall–Kier alpha value is -0.243. The fraction of sp³-hybridized carbons (Fsp3) is 0.833. The van der Waals surface area contributed by atoms with Crippen molar-refractivity contribution in [3.63, 3.8) is 0 Å². The first-order valence-electron chi connectivity index (χ1n) is 6.43. The van der Waals surface area contributed by atoms with Crippen LogP contribution in [0.5, 0.6) is 0 Å². The van der Waals surface area contributed by atoms with Gasteiger partial charge in [0.1, 0.15) is 6.10 Å². The van der Waals surface area contributed by atoms with Gasteiger partial charge in [-0.15, -0.1) is 6.58 Å². The van der Waals surface area contributed by atoms with Crippen LogP contribution in [-0.2, 0) is 22.8 Å². The van der Waals surface area contributed by atoms with Crippen LogP contribution in [0.2, 0.25) is 0 Å². The molecule has 1 unspecified atom stereocenters. The van der Waals surface area contributed by atoms with Gasteiger partial charge in [0.2, 0.25) is 0 Å². The maximum absolute atomic E-state index is 5.22. The van der Waals surface area contributed by atoms with E-state index in [1.165, 1.54) is 0 Å². The molecule has 6 heteroatoms. The molecule has 1 atom stereocenters. The van der Waals surface area contributed by atoms with Gasteiger partial charge in [0.15, 0.2) is 0 Å². The first kappa shape index (κ1) is 17.8. The zero-order valence-corrected chi connectivity index (χ0v) is 12.9. The summed E-state index contributed by atoms with van der Waals surface area (Å²) < 4.78 is 25.6. The lowest BCUT2D eigenvalue weighted by atomic mass is 10.5. The van der Waals surface area contributed by atoms with Gasteiger partial charge >= 0.3 is 9.53 Å². The maximum atomic E-state index is 5.22. The van der Waals surface area contributed by atoms with Crippen molar-refractivity contribution in [2.75, 3.05) is 39.6 Å². The lowest BCUT2D eigenvalue weighted by molar-refractivity contribution is 0.107. The fourth-order valence-electron chi connectivity index (χ4n) is 1.000. The van der Waals surface area contributed by atoms with Gasteiger partial charge in [0.05, 0.1) is 19.8 Å². The molecular formula is C12H26O5Si. The molecule has 0 spiro atoms. The summed E-state index contributed by atoms with van der Waals surface area (Å²) in [6.07, 6.45) is 2.12. The van der Waals surface area contributed by atoms with Crippen LogP contribution in [0.25, 0.3) is 0 Å². The van der Waals surface area contributed by atoms with Gasteiger partial charge in [-0.25, -0.2) is 0 Å². The summed E-state index contributed by atoms with van der Waals surface area (Å²) in [6.45, 7) is 13.6. The van der Waals surface area contributed by atoms with E-state index < -0.39 is 9.53 Å². The lowest BCUT2D eigenvalue weighted by Crippen LogP contribution is -2.27. The second-order valence-corrected chi connectivity index (χ2v) is 5.01. The van der Waals surface area contributed by atoms with Gasteiger partial charge in [0, 0.05) is 19.8 Å². The minimum atomic E-state index is -1.73. The van der Waals surface area contributed by atoms with Crippen LogP contribution in [0.1, 0.15) is 20.8 Å². The molecule has 0 aromatic rings. The Labute approximate surface area is 112 Å². The van der Waals surface area contributed by atoms with E-state index in [1.807, 2.05) is 20.8 Å². The quantitative estimate of drug-likeness (QED) is 0.262. The van der Waals surface area contributed by atoms with Gasteiger partial charge < -0.3 is 22.8 Å². The molecule has 108 valence electrons. The third-order valence-electron chi connectivity index (χ3n) is 1.85. The Morgan fingerprint density at radius 1 is 1.17 bits per heavy atom. The third-order valence-corrected chi connectivity index (χ3v) is 3.67. The van der Waals surface area contributed by atoms with Crippen LogP contribution < -0.4 is 0 Å². The number of ether oxygens (including phenoxy) is 2. The Morgan fingerprint density at radius 3 is 2.00 bits per heavy atom. The molecule has 0 saturated carbocycles. The first-order valence-corrected chi connectivity index (χ1v) is 7.84. The first-order chi connectivity index (χ1) is 8.78. The summed E-state index contributed by atoms with van der Waals surface area (Å²) >= 11 is 0. The molecule has 1 aliphatic rings. The SMILES string of the molecule is C=CCOCC1CO1.CCO[SiH](OCC)OCC. The largest absolute Gasteiger partial charge is 0.484 e. The second-order valence-electron chi connectivity index (χ2n) is 3.44. The fourth-order valence-corrected chi connectivity index (χ4v) is 2.10. The second kappa shape index (κ2) is 13.2. The molecule has 0 radical (unpaired) electrons. The Kier molecular flexibility index (Phi) is 13.0. The van der Waals surface area contributed by atoms with E-state index in [1.54, 1.807) is 6.08 Å². The molecule has 0 amide bonds. The van der Waals surface area contributed by atoms with E-state index in [2.05, 4.69) is 6.58 Å². The van der Waals surface area contributed by atoms with Crippen LogP contribution in [0.3, 0.4) is 0 Å².